The van der Waals surface area contributed by atoms with E-state index in [1.54, 1.807) is 4.68 Å². The van der Waals surface area contributed by atoms with E-state index in [1.165, 1.54) is 5.56 Å². The molecule has 0 fully saturated rings. The molecule has 0 spiro atoms. The van der Waals surface area contributed by atoms with Crippen LogP contribution in [0.5, 0.6) is 0 Å². The molecular weight excluding hydrogens is 224 g/mol. The van der Waals surface area contributed by atoms with Crippen molar-refractivity contribution in [1.82, 2.24) is 9.78 Å². The Morgan fingerprint density at radius 1 is 1.11 bits per heavy atom. The molecule has 96 valence electrons. The molecule has 0 aliphatic carbocycles. The molecule has 1 heterocycles. The Kier molecular flexibility index (Phi) is 3.53. The van der Waals surface area contributed by atoms with Gasteiger partial charge in [-0.1, -0.05) is 17.7 Å². The Morgan fingerprint density at radius 2 is 1.72 bits per heavy atom. The molecule has 1 aromatic carbocycles. The van der Waals surface area contributed by atoms with Gasteiger partial charge in [-0.2, -0.15) is 5.10 Å². The largest absolute Gasteiger partial charge is 0.386 e. The van der Waals surface area contributed by atoms with Crippen LogP contribution in [0.2, 0.25) is 0 Å². The van der Waals surface area contributed by atoms with Gasteiger partial charge in [-0.25, -0.2) is 0 Å². The van der Waals surface area contributed by atoms with Crippen LogP contribution in [0.25, 0.3) is 0 Å². The minimum atomic E-state index is -0.509. The van der Waals surface area contributed by atoms with Gasteiger partial charge in [-0.05, 0) is 49.9 Å². The maximum absolute atomic E-state index is 10.4. The van der Waals surface area contributed by atoms with E-state index in [-0.39, 0.29) is 0 Å². The van der Waals surface area contributed by atoms with Crippen LogP contribution in [-0.4, -0.2) is 14.9 Å². The molecule has 0 saturated carbocycles. The third-order valence-electron chi connectivity index (χ3n) is 3.19. The van der Waals surface area contributed by atoms with Crippen molar-refractivity contribution in [3.8, 4) is 0 Å². The zero-order valence-electron chi connectivity index (χ0n) is 11.4. The van der Waals surface area contributed by atoms with Crippen molar-refractivity contribution in [3.63, 3.8) is 0 Å². The number of hydrogen-bond donors (Lipinski definition) is 1. The Balaban J connectivity index is 2.26. The molecule has 2 rings (SSSR count). The number of aliphatic hydroxyl groups is 1. The highest BCUT2D eigenvalue weighted by molar-refractivity contribution is 5.38. The molecule has 0 radical (unpaired) electrons. The Morgan fingerprint density at radius 3 is 2.22 bits per heavy atom. The fraction of sp³-hybridized carbons (Fsp3) is 0.400. The molecule has 18 heavy (non-hydrogen) atoms. The maximum atomic E-state index is 10.4. The van der Waals surface area contributed by atoms with Gasteiger partial charge in [0.2, 0.25) is 0 Å². The maximum Gasteiger partial charge on any atom is 0.0990 e. The van der Waals surface area contributed by atoms with E-state index in [0.717, 1.165) is 22.3 Å². The van der Waals surface area contributed by atoms with E-state index >= 15 is 0 Å². The van der Waals surface area contributed by atoms with Crippen molar-refractivity contribution < 1.29 is 5.11 Å². The second kappa shape index (κ2) is 4.94. The van der Waals surface area contributed by atoms with E-state index in [1.807, 2.05) is 33.2 Å². The molecular formula is C15H20N2O. The van der Waals surface area contributed by atoms with Crippen LogP contribution in [0.4, 0.5) is 0 Å². The Labute approximate surface area is 108 Å². The molecule has 3 heteroatoms. The Hall–Kier alpha value is -1.61. The van der Waals surface area contributed by atoms with Crippen LogP contribution in [0.3, 0.4) is 0 Å². The molecule has 0 bridgehead atoms. The first-order valence-electron chi connectivity index (χ1n) is 6.22. The lowest BCUT2D eigenvalue weighted by atomic mass is 9.95. The lowest BCUT2D eigenvalue weighted by Crippen LogP contribution is -2.12. The highest BCUT2D eigenvalue weighted by Gasteiger charge is 2.14. The molecule has 1 atom stereocenters. The van der Waals surface area contributed by atoms with Gasteiger partial charge in [0.05, 0.1) is 18.8 Å². The van der Waals surface area contributed by atoms with Crippen LogP contribution in [0, 0.1) is 27.7 Å². The highest BCUT2D eigenvalue weighted by atomic mass is 16.3. The van der Waals surface area contributed by atoms with E-state index in [0.29, 0.717) is 6.54 Å². The summed E-state index contributed by atoms with van der Waals surface area (Å²) >= 11 is 0. The Bertz CT molecular complexity index is 534. The molecule has 2 aromatic rings. The van der Waals surface area contributed by atoms with E-state index < -0.39 is 6.10 Å². The predicted octanol–water partition coefficient (Wildman–Crippen LogP) is 2.85. The van der Waals surface area contributed by atoms with Crippen molar-refractivity contribution >= 4 is 0 Å². The smallest absolute Gasteiger partial charge is 0.0990 e. The number of nitrogens with zero attached hydrogens (tertiary/aromatic N) is 2. The van der Waals surface area contributed by atoms with Gasteiger partial charge < -0.3 is 5.11 Å². The van der Waals surface area contributed by atoms with Crippen LogP contribution >= 0.6 is 0 Å². The highest BCUT2D eigenvalue weighted by Crippen LogP contribution is 2.24. The lowest BCUT2D eigenvalue weighted by molar-refractivity contribution is 0.150. The van der Waals surface area contributed by atoms with Gasteiger partial charge in [-0.15, -0.1) is 0 Å². The summed E-state index contributed by atoms with van der Waals surface area (Å²) in [5.74, 6) is 0. The van der Waals surface area contributed by atoms with Crippen molar-refractivity contribution in [2.75, 3.05) is 0 Å². The monoisotopic (exact) mass is 244 g/mol. The molecule has 0 amide bonds. The minimum Gasteiger partial charge on any atom is -0.386 e. The standard InChI is InChI=1S/C15H20N2O/c1-10-5-12(3)15(13(4)6-10)14(18)9-17-8-11(2)7-16-17/h5-8,14,18H,9H2,1-4H3. The summed E-state index contributed by atoms with van der Waals surface area (Å²) in [6, 6.07) is 4.22. The van der Waals surface area contributed by atoms with Crippen LogP contribution in [0.1, 0.15) is 33.9 Å². The summed E-state index contributed by atoms with van der Waals surface area (Å²) in [7, 11) is 0. The zero-order chi connectivity index (χ0) is 13.3. The number of aromatic nitrogens is 2. The molecule has 0 aliphatic heterocycles. The predicted molar refractivity (Wildman–Crippen MR) is 72.6 cm³/mol. The lowest BCUT2D eigenvalue weighted by Gasteiger charge is -2.17. The zero-order valence-corrected chi connectivity index (χ0v) is 11.4. The number of rotatable bonds is 3. The summed E-state index contributed by atoms with van der Waals surface area (Å²) in [5, 5.41) is 14.6. The van der Waals surface area contributed by atoms with Gasteiger partial charge >= 0.3 is 0 Å². The van der Waals surface area contributed by atoms with Gasteiger partial charge in [0.1, 0.15) is 0 Å². The second-order valence-electron chi connectivity index (χ2n) is 5.07. The van der Waals surface area contributed by atoms with Gasteiger partial charge in [-0.3, -0.25) is 4.68 Å². The molecule has 3 nitrogen and oxygen atoms in total. The fourth-order valence-corrected chi connectivity index (χ4v) is 2.55. The molecule has 1 aromatic heterocycles. The van der Waals surface area contributed by atoms with Gasteiger partial charge in [0, 0.05) is 6.20 Å². The number of benzene rings is 1. The van der Waals surface area contributed by atoms with Crippen molar-refractivity contribution in [2.45, 2.75) is 40.3 Å². The first-order valence-corrected chi connectivity index (χ1v) is 6.22. The average Bonchev–Trinajstić information content (AvgIpc) is 2.62. The SMILES string of the molecule is Cc1cc(C)c(C(O)Cn2cc(C)cn2)c(C)c1. The summed E-state index contributed by atoms with van der Waals surface area (Å²) in [4.78, 5) is 0. The molecule has 1 unspecified atom stereocenters. The summed E-state index contributed by atoms with van der Waals surface area (Å²) < 4.78 is 1.79. The van der Waals surface area contributed by atoms with Crippen molar-refractivity contribution in [3.05, 3.63) is 52.3 Å². The van der Waals surface area contributed by atoms with Crippen LogP contribution in [0.15, 0.2) is 24.5 Å². The molecule has 0 aliphatic rings. The molecule has 0 saturated heterocycles. The van der Waals surface area contributed by atoms with Crippen LogP contribution in [-0.2, 0) is 6.54 Å². The number of aliphatic hydroxyl groups excluding tert-OH is 1. The first kappa shape index (κ1) is 12.8. The third-order valence-corrected chi connectivity index (χ3v) is 3.19. The topological polar surface area (TPSA) is 38.0 Å². The number of hydrogen-bond acceptors (Lipinski definition) is 2. The third kappa shape index (κ3) is 2.62. The van der Waals surface area contributed by atoms with E-state index in [2.05, 4.69) is 24.2 Å². The minimum absolute atomic E-state index is 0.499. The molecule has 1 N–H and O–H groups in total. The summed E-state index contributed by atoms with van der Waals surface area (Å²) in [6.07, 6.45) is 3.24. The quantitative estimate of drug-likeness (QED) is 0.901. The summed E-state index contributed by atoms with van der Waals surface area (Å²) in [6.45, 7) is 8.67. The first-order chi connectivity index (χ1) is 8.47. The van der Waals surface area contributed by atoms with Crippen molar-refractivity contribution in [2.24, 2.45) is 0 Å². The normalized spacial score (nSPS) is 12.7. The second-order valence-corrected chi connectivity index (χ2v) is 5.07. The van der Waals surface area contributed by atoms with Gasteiger partial charge in [0.15, 0.2) is 0 Å². The van der Waals surface area contributed by atoms with Crippen molar-refractivity contribution in [1.29, 1.82) is 0 Å². The summed E-state index contributed by atoms with van der Waals surface area (Å²) in [5.41, 5.74) is 5.65. The fourth-order valence-electron chi connectivity index (χ4n) is 2.55. The van der Waals surface area contributed by atoms with E-state index in [9.17, 15) is 5.11 Å². The number of aryl methyl sites for hydroxylation is 4. The van der Waals surface area contributed by atoms with E-state index in [4.69, 9.17) is 0 Å². The van der Waals surface area contributed by atoms with Crippen LogP contribution < -0.4 is 0 Å². The average molecular weight is 244 g/mol. The van der Waals surface area contributed by atoms with Gasteiger partial charge in [0.25, 0.3) is 0 Å².